The SMILES string of the molecule is CN(CCCn1nnc2cc(CNC[C@H](O[Si](C)(C)C(C)(C)C)c3ccc(O)c4[nH]c(=O)ccc34)c3c(c21)CCC3)C1CCC(OC(=O)[C@](O)(c2cccs2)c2ccc(Br)s2)CC1. The number of hydrogen-bond donors (Lipinski definition) is 4. The van der Waals surface area contributed by atoms with E-state index in [0.717, 1.165) is 90.2 Å². The Balaban J connectivity index is 0.885. The van der Waals surface area contributed by atoms with Gasteiger partial charge >= 0.3 is 5.97 Å². The van der Waals surface area contributed by atoms with Gasteiger partial charge in [-0.1, -0.05) is 38.1 Å². The summed E-state index contributed by atoms with van der Waals surface area (Å²) in [6.07, 6.45) is 6.88. The highest BCUT2D eigenvalue weighted by atomic mass is 79.9. The molecule has 2 atom stereocenters. The summed E-state index contributed by atoms with van der Waals surface area (Å²) in [5.74, 6) is -0.565. The Morgan fingerprint density at radius 1 is 1.08 bits per heavy atom. The van der Waals surface area contributed by atoms with Crippen molar-refractivity contribution in [1.82, 2.24) is 30.2 Å². The molecular formula is C47H59BrN6O6S2Si. The number of rotatable bonds is 16. The average molecular weight is 976 g/mol. The molecule has 2 aromatic carbocycles. The molecule has 0 amide bonds. The van der Waals surface area contributed by atoms with Crippen LogP contribution < -0.4 is 10.9 Å². The van der Waals surface area contributed by atoms with Gasteiger partial charge in [0.1, 0.15) is 17.4 Å². The second-order valence-corrected chi connectivity index (χ2v) is 26.9. The van der Waals surface area contributed by atoms with Gasteiger partial charge in [-0.05, 0) is 163 Å². The monoisotopic (exact) mass is 974 g/mol. The number of pyridine rings is 1. The standard InChI is InChI=1S/C47H59BrN6O6S2Si/c1-46(2,3)63(5,6)60-38(33-17-19-37(55)43-34(33)18-22-42(56)50-43)28-49-27-29-26-36-44(35-11-7-10-32(29)35)54(52-51-36)24-9-23-53(4)30-13-15-31(16-14-30)59-45(57)47(58,39-12-8-25-61-39)40-20-21-41(48)62-40/h8,12,17-22,25-26,30-31,38,49,55,58H,7,9-11,13-16,23-24,27-28H2,1-6H3,(H,50,56)/t30?,31?,38-,47-/m0/s1. The van der Waals surface area contributed by atoms with E-state index in [1.807, 2.05) is 23.6 Å². The first-order valence-electron chi connectivity index (χ1n) is 22.1. The van der Waals surface area contributed by atoms with Crippen LogP contribution in [0.5, 0.6) is 5.75 Å². The number of esters is 1. The van der Waals surface area contributed by atoms with Crippen LogP contribution in [-0.2, 0) is 45.5 Å². The Kier molecular flexibility index (Phi) is 13.5. The van der Waals surface area contributed by atoms with Gasteiger partial charge in [0.05, 0.1) is 30.7 Å². The lowest BCUT2D eigenvalue weighted by Crippen LogP contribution is -2.43. The molecule has 0 radical (unpaired) electrons. The van der Waals surface area contributed by atoms with E-state index in [-0.39, 0.29) is 28.6 Å². The van der Waals surface area contributed by atoms with Gasteiger partial charge in [-0.25, -0.2) is 9.48 Å². The maximum atomic E-state index is 13.6. The molecule has 1 fully saturated rings. The Morgan fingerprint density at radius 3 is 2.57 bits per heavy atom. The number of aromatic hydroxyl groups is 1. The van der Waals surface area contributed by atoms with Crippen molar-refractivity contribution < 1.29 is 24.2 Å². The van der Waals surface area contributed by atoms with Crippen molar-refractivity contribution in [3.8, 4) is 5.75 Å². The van der Waals surface area contributed by atoms with Crippen molar-refractivity contribution in [2.45, 2.75) is 127 Å². The molecule has 2 aliphatic rings. The van der Waals surface area contributed by atoms with Crippen LogP contribution in [0.4, 0.5) is 0 Å². The number of ether oxygens (including phenoxy) is 1. The van der Waals surface area contributed by atoms with Gasteiger partial charge in [0, 0.05) is 37.1 Å². The number of nitrogens with one attached hydrogen (secondary N) is 2. The quantitative estimate of drug-likeness (QED) is 0.0545. The number of aromatic nitrogens is 4. The Morgan fingerprint density at radius 2 is 1.86 bits per heavy atom. The van der Waals surface area contributed by atoms with Crippen molar-refractivity contribution in [3.63, 3.8) is 0 Å². The van der Waals surface area contributed by atoms with Crippen molar-refractivity contribution >= 4 is 74.8 Å². The van der Waals surface area contributed by atoms with Crippen LogP contribution in [0, 0.1) is 0 Å². The van der Waals surface area contributed by atoms with Gasteiger partial charge in [0.2, 0.25) is 11.2 Å². The zero-order chi connectivity index (χ0) is 44.7. The highest BCUT2D eigenvalue weighted by Crippen LogP contribution is 2.43. The van der Waals surface area contributed by atoms with Gasteiger partial charge in [-0.2, -0.15) is 0 Å². The topological polar surface area (TPSA) is 155 Å². The number of H-pyrrole nitrogens is 1. The van der Waals surface area contributed by atoms with E-state index in [4.69, 9.17) is 9.16 Å². The molecule has 0 spiro atoms. The zero-order valence-electron chi connectivity index (χ0n) is 37.0. The van der Waals surface area contributed by atoms with Crippen LogP contribution >= 0.6 is 38.6 Å². The van der Waals surface area contributed by atoms with Crippen molar-refractivity contribution in [3.05, 3.63) is 106 Å². The largest absolute Gasteiger partial charge is 0.506 e. The summed E-state index contributed by atoms with van der Waals surface area (Å²) in [4.78, 5) is 32.2. The Bertz CT molecular complexity index is 2630. The highest BCUT2D eigenvalue weighted by molar-refractivity contribution is 9.11. The molecule has 4 heterocycles. The third-order valence-corrected chi connectivity index (χ3v) is 20.8. The number of benzene rings is 2. The first-order valence-corrected chi connectivity index (χ1v) is 27.5. The van der Waals surface area contributed by atoms with Crippen LogP contribution in [0.2, 0.25) is 18.1 Å². The fourth-order valence-corrected chi connectivity index (χ4v) is 12.7. The molecule has 2 aliphatic carbocycles. The van der Waals surface area contributed by atoms with Gasteiger partial charge in [-0.3, -0.25) is 4.79 Å². The number of aryl methyl sites for hydroxylation is 2. The van der Waals surface area contributed by atoms with Gasteiger partial charge in [-0.15, -0.1) is 27.8 Å². The maximum Gasteiger partial charge on any atom is 0.349 e. The van der Waals surface area contributed by atoms with E-state index in [1.54, 1.807) is 24.3 Å². The number of halogens is 1. The van der Waals surface area contributed by atoms with E-state index in [0.29, 0.717) is 34.4 Å². The summed E-state index contributed by atoms with van der Waals surface area (Å²) in [6.45, 7) is 14.1. The smallest absolute Gasteiger partial charge is 0.349 e. The average Bonchev–Trinajstić information content (AvgIpc) is 4.09. The van der Waals surface area contributed by atoms with E-state index >= 15 is 0 Å². The normalized spacial score (nSPS) is 18.6. The fraction of sp³-hybridized carbons (Fsp3) is 0.489. The number of carbonyl (C=O) groups excluding carboxylic acids is 1. The third-order valence-electron chi connectivity index (χ3n) is 13.6. The predicted octanol–water partition coefficient (Wildman–Crippen LogP) is 9.32. The Labute approximate surface area is 386 Å². The van der Waals surface area contributed by atoms with Crippen molar-refractivity contribution in [1.29, 1.82) is 0 Å². The van der Waals surface area contributed by atoms with E-state index in [1.165, 1.54) is 45.4 Å². The zero-order valence-corrected chi connectivity index (χ0v) is 41.2. The minimum absolute atomic E-state index is 0.0133. The molecular weight excluding hydrogens is 917 g/mol. The molecule has 4 N–H and O–H groups in total. The van der Waals surface area contributed by atoms with Crippen LogP contribution in [0.25, 0.3) is 21.9 Å². The second kappa shape index (κ2) is 18.6. The number of aliphatic hydroxyl groups is 1. The molecule has 0 unspecified atom stereocenters. The van der Waals surface area contributed by atoms with Gasteiger partial charge in [0.15, 0.2) is 8.32 Å². The first kappa shape index (κ1) is 45.8. The molecule has 0 bridgehead atoms. The number of thiophene rings is 2. The summed E-state index contributed by atoms with van der Waals surface area (Å²) in [6, 6.07) is 16.7. The molecule has 12 nitrogen and oxygen atoms in total. The summed E-state index contributed by atoms with van der Waals surface area (Å²) in [5.41, 5.74) is 5.34. The fourth-order valence-electron chi connectivity index (χ4n) is 9.09. The molecule has 0 aliphatic heterocycles. The van der Waals surface area contributed by atoms with Crippen molar-refractivity contribution in [2.24, 2.45) is 0 Å². The first-order chi connectivity index (χ1) is 30.0. The lowest BCUT2D eigenvalue weighted by atomic mass is 9.91. The number of aromatic amines is 1. The summed E-state index contributed by atoms with van der Waals surface area (Å²) < 4.78 is 16.0. The summed E-state index contributed by atoms with van der Waals surface area (Å²) >= 11 is 6.17. The van der Waals surface area contributed by atoms with Gasteiger partial charge < -0.3 is 34.6 Å². The van der Waals surface area contributed by atoms with Crippen molar-refractivity contribution in [2.75, 3.05) is 20.1 Å². The number of phenols is 1. The lowest BCUT2D eigenvalue weighted by molar-refractivity contribution is -0.169. The summed E-state index contributed by atoms with van der Waals surface area (Å²) in [5, 5.41) is 38.1. The molecule has 0 saturated heterocycles. The lowest BCUT2D eigenvalue weighted by Gasteiger charge is -2.39. The second-order valence-electron chi connectivity index (χ2n) is 18.8. The number of nitrogens with zero attached hydrogens (tertiary/aromatic N) is 4. The van der Waals surface area contributed by atoms with Crippen LogP contribution in [-0.4, -0.2) is 81.7 Å². The number of fused-ring (bicyclic) bond motifs is 4. The van der Waals surface area contributed by atoms with Crippen LogP contribution in [0.3, 0.4) is 0 Å². The van der Waals surface area contributed by atoms with Gasteiger partial charge in [0.25, 0.3) is 0 Å². The molecule has 6 aromatic rings. The molecule has 1 saturated carbocycles. The van der Waals surface area contributed by atoms with E-state index in [9.17, 15) is 19.8 Å². The van der Waals surface area contributed by atoms with E-state index < -0.39 is 19.9 Å². The molecule has 16 heteroatoms. The number of phenolic OH excluding ortho intramolecular Hbond substituents is 1. The van der Waals surface area contributed by atoms with Crippen LogP contribution in [0.15, 0.2) is 68.6 Å². The molecule has 63 heavy (non-hydrogen) atoms. The minimum Gasteiger partial charge on any atom is -0.506 e. The third kappa shape index (κ3) is 9.51. The number of carbonyl (C=O) groups is 1. The molecule has 8 rings (SSSR count). The Hall–Kier alpha value is -3.74. The van der Waals surface area contributed by atoms with Crippen LogP contribution in [0.1, 0.15) is 97.4 Å². The van der Waals surface area contributed by atoms with E-state index in [2.05, 4.69) is 93.1 Å². The number of hydrogen-bond acceptors (Lipinski definition) is 12. The molecule has 336 valence electrons. The predicted molar refractivity (Wildman–Crippen MR) is 257 cm³/mol. The highest BCUT2D eigenvalue weighted by Gasteiger charge is 2.45. The maximum absolute atomic E-state index is 13.6. The molecule has 4 aromatic heterocycles. The minimum atomic E-state index is -2.23. The summed E-state index contributed by atoms with van der Waals surface area (Å²) in [7, 11) is -0.0402.